The molecule has 2 rings (SSSR count). The molecule has 0 saturated heterocycles. The van der Waals surface area contributed by atoms with Gasteiger partial charge in [-0.15, -0.1) is 0 Å². The van der Waals surface area contributed by atoms with Crippen LogP contribution in [0.3, 0.4) is 0 Å². The van der Waals surface area contributed by atoms with E-state index in [4.69, 9.17) is 4.74 Å². The van der Waals surface area contributed by atoms with Crippen molar-refractivity contribution in [1.29, 1.82) is 0 Å². The molecule has 0 heterocycles. The highest BCUT2D eigenvalue weighted by Crippen LogP contribution is 2.16. The van der Waals surface area contributed by atoms with Crippen LogP contribution in [0.25, 0.3) is 0 Å². The van der Waals surface area contributed by atoms with Gasteiger partial charge in [-0.1, -0.05) is 37.8 Å². The predicted octanol–water partition coefficient (Wildman–Crippen LogP) is 2.67. The smallest absolute Gasteiger partial charge is 0.233 e. The molecule has 0 aliphatic heterocycles. The molecule has 1 aromatic carbocycles. The van der Waals surface area contributed by atoms with Crippen molar-refractivity contribution >= 4 is 5.91 Å². The average Bonchev–Trinajstić information content (AvgIpc) is 2.82. The molecule has 1 aliphatic carbocycles. The van der Waals surface area contributed by atoms with Crippen LogP contribution in [0, 0.1) is 0 Å². The Balaban J connectivity index is 1.62. The number of hydrogen-bond donors (Lipinski definition) is 2. The minimum absolute atomic E-state index is 0.0899. The van der Waals surface area contributed by atoms with Crippen molar-refractivity contribution in [3.63, 3.8) is 0 Å². The molecule has 1 aromatic rings. The van der Waals surface area contributed by atoms with Gasteiger partial charge in [-0.2, -0.15) is 0 Å². The molecule has 4 heteroatoms. The highest BCUT2D eigenvalue weighted by atomic mass is 16.5. The second-order valence-corrected chi connectivity index (χ2v) is 6.02. The van der Waals surface area contributed by atoms with Gasteiger partial charge in [0.25, 0.3) is 0 Å². The Hall–Kier alpha value is -1.55. The van der Waals surface area contributed by atoms with Gasteiger partial charge in [0.15, 0.2) is 0 Å². The first-order chi connectivity index (χ1) is 10.8. The van der Waals surface area contributed by atoms with Gasteiger partial charge in [0.1, 0.15) is 5.75 Å². The van der Waals surface area contributed by atoms with E-state index < -0.39 is 0 Å². The molecule has 1 saturated carbocycles. The minimum Gasteiger partial charge on any atom is -0.497 e. The van der Waals surface area contributed by atoms with Crippen LogP contribution in [-0.2, 0) is 11.2 Å². The molecule has 1 aliphatic rings. The van der Waals surface area contributed by atoms with E-state index in [1.54, 1.807) is 7.11 Å². The predicted molar refractivity (Wildman–Crippen MR) is 89.2 cm³/mol. The average molecular weight is 304 g/mol. The summed E-state index contributed by atoms with van der Waals surface area (Å²) >= 11 is 0. The van der Waals surface area contributed by atoms with Crippen molar-refractivity contribution in [2.24, 2.45) is 0 Å². The van der Waals surface area contributed by atoms with Crippen molar-refractivity contribution in [3.8, 4) is 5.75 Å². The van der Waals surface area contributed by atoms with Crippen LogP contribution >= 0.6 is 0 Å². The van der Waals surface area contributed by atoms with Crippen LogP contribution in [0.15, 0.2) is 24.3 Å². The third kappa shape index (κ3) is 6.06. The van der Waals surface area contributed by atoms with Gasteiger partial charge in [-0.05, 0) is 37.0 Å². The molecule has 1 amide bonds. The standard InChI is InChI=1S/C18H28N2O2/c1-22-17-10-6-7-15(13-17)11-12-19-18(21)14-20-16-8-4-2-3-5-9-16/h6-7,10,13,16,20H,2-5,8-9,11-12,14H2,1H3,(H,19,21). The number of amides is 1. The highest BCUT2D eigenvalue weighted by Gasteiger charge is 2.12. The SMILES string of the molecule is COc1cccc(CCNC(=O)CNC2CCCCCC2)c1. The molecule has 0 bridgehead atoms. The summed E-state index contributed by atoms with van der Waals surface area (Å²) in [5, 5.41) is 6.38. The fraction of sp³-hybridized carbons (Fsp3) is 0.611. The van der Waals surface area contributed by atoms with Gasteiger partial charge >= 0.3 is 0 Å². The number of rotatable bonds is 7. The fourth-order valence-electron chi connectivity index (χ4n) is 2.96. The Bertz CT molecular complexity index is 454. The summed E-state index contributed by atoms with van der Waals surface area (Å²) in [7, 11) is 1.67. The lowest BCUT2D eigenvalue weighted by Crippen LogP contribution is -2.39. The quantitative estimate of drug-likeness (QED) is 0.762. The Morgan fingerprint density at radius 3 is 2.73 bits per heavy atom. The zero-order valence-electron chi connectivity index (χ0n) is 13.6. The van der Waals surface area contributed by atoms with Crippen LogP contribution in [0.1, 0.15) is 44.1 Å². The van der Waals surface area contributed by atoms with Crippen LogP contribution in [0.2, 0.25) is 0 Å². The summed E-state index contributed by atoms with van der Waals surface area (Å²) in [4.78, 5) is 11.9. The number of carbonyl (C=O) groups is 1. The van der Waals surface area contributed by atoms with Gasteiger partial charge in [0.05, 0.1) is 13.7 Å². The summed E-state index contributed by atoms with van der Waals surface area (Å²) in [5.74, 6) is 0.950. The third-order valence-electron chi connectivity index (χ3n) is 4.28. The molecule has 122 valence electrons. The summed E-state index contributed by atoms with van der Waals surface area (Å²) < 4.78 is 5.20. The van der Waals surface area contributed by atoms with Crippen molar-refractivity contribution in [2.45, 2.75) is 51.0 Å². The molecule has 22 heavy (non-hydrogen) atoms. The first-order valence-electron chi connectivity index (χ1n) is 8.41. The van der Waals surface area contributed by atoms with Crippen molar-refractivity contribution in [3.05, 3.63) is 29.8 Å². The molecule has 0 radical (unpaired) electrons. The molecule has 0 unspecified atom stereocenters. The highest BCUT2D eigenvalue weighted by molar-refractivity contribution is 5.78. The van der Waals surface area contributed by atoms with Crippen LogP contribution in [0.5, 0.6) is 5.75 Å². The van der Waals surface area contributed by atoms with Crippen LogP contribution < -0.4 is 15.4 Å². The Labute approximate surface area is 133 Å². The molecule has 4 nitrogen and oxygen atoms in total. The van der Waals surface area contributed by atoms with Crippen LogP contribution in [-0.4, -0.2) is 32.1 Å². The van der Waals surface area contributed by atoms with Crippen molar-refractivity contribution in [2.75, 3.05) is 20.2 Å². The van der Waals surface area contributed by atoms with E-state index in [1.165, 1.54) is 44.1 Å². The van der Waals surface area contributed by atoms with E-state index in [0.717, 1.165) is 12.2 Å². The first kappa shape index (κ1) is 16.8. The summed E-state index contributed by atoms with van der Waals surface area (Å²) in [6, 6.07) is 8.49. The normalized spacial score (nSPS) is 16.0. The maximum atomic E-state index is 11.9. The number of benzene rings is 1. The van der Waals surface area contributed by atoms with E-state index in [2.05, 4.69) is 16.7 Å². The monoisotopic (exact) mass is 304 g/mol. The molecule has 0 atom stereocenters. The number of nitrogens with one attached hydrogen (secondary N) is 2. The lowest BCUT2D eigenvalue weighted by atomic mass is 10.1. The third-order valence-corrected chi connectivity index (χ3v) is 4.28. The molecule has 1 fully saturated rings. The fourth-order valence-corrected chi connectivity index (χ4v) is 2.96. The van der Waals surface area contributed by atoms with E-state index in [0.29, 0.717) is 19.1 Å². The maximum absolute atomic E-state index is 11.9. The molecule has 2 N–H and O–H groups in total. The maximum Gasteiger partial charge on any atom is 0.233 e. The van der Waals surface area contributed by atoms with Crippen LogP contribution in [0.4, 0.5) is 0 Å². The van der Waals surface area contributed by atoms with E-state index >= 15 is 0 Å². The molecular weight excluding hydrogens is 276 g/mol. The number of methoxy groups -OCH3 is 1. The number of ether oxygens (including phenoxy) is 1. The lowest BCUT2D eigenvalue weighted by Gasteiger charge is -2.15. The van der Waals surface area contributed by atoms with E-state index in [-0.39, 0.29) is 5.91 Å². The second kappa shape index (κ2) is 9.46. The number of carbonyl (C=O) groups excluding carboxylic acids is 1. The summed E-state index contributed by atoms with van der Waals surface area (Å²) in [5.41, 5.74) is 1.18. The Kier molecular flexibility index (Phi) is 7.23. The zero-order chi connectivity index (χ0) is 15.6. The minimum atomic E-state index is 0.0899. The van der Waals surface area contributed by atoms with E-state index in [1.807, 2.05) is 18.2 Å². The second-order valence-electron chi connectivity index (χ2n) is 6.02. The Morgan fingerprint density at radius 1 is 1.23 bits per heavy atom. The summed E-state index contributed by atoms with van der Waals surface area (Å²) in [6.07, 6.45) is 8.49. The number of hydrogen-bond acceptors (Lipinski definition) is 3. The van der Waals surface area contributed by atoms with Crippen molar-refractivity contribution in [1.82, 2.24) is 10.6 Å². The molecule has 0 spiro atoms. The van der Waals surface area contributed by atoms with Crippen molar-refractivity contribution < 1.29 is 9.53 Å². The molecular formula is C18H28N2O2. The van der Waals surface area contributed by atoms with Gasteiger partial charge < -0.3 is 15.4 Å². The van der Waals surface area contributed by atoms with Gasteiger partial charge in [0, 0.05) is 12.6 Å². The van der Waals surface area contributed by atoms with Gasteiger partial charge in [-0.3, -0.25) is 4.79 Å². The van der Waals surface area contributed by atoms with Gasteiger partial charge in [0.2, 0.25) is 5.91 Å². The topological polar surface area (TPSA) is 50.4 Å². The summed E-state index contributed by atoms with van der Waals surface area (Å²) in [6.45, 7) is 1.10. The first-order valence-corrected chi connectivity index (χ1v) is 8.41. The zero-order valence-corrected chi connectivity index (χ0v) is 13.6. The van der Waals surface area contributed by atoms with Gasteiger partial charge in [-0.25, -0.2) is 0 Å². The lowest BCUT2D eigenvalue weighted by molar-refractivity contribution is -0.120. The largest absolute Gasteiger partial charge is 0.497 e. The molecule has 0 aromatic heterocycles. The Morgan fingerprint density at radius 2 is 2.00 bits per heavy atom. The van der Waals surface area contributed by atoms with E-state index in [9.17, 15) is 4.79 Å².